The van der Waals surface area contributed by atoms with Gasteiger partial charge < -0.3 is 10.6 Å². The average Bonchev–Trinajstić information content (AvgIpc) is 3.12. The van der Waals surface area contributed by atoms with Gasteiger partial charge in [0.2, 0.25) is 0 Å². The standard InChI is InChI=1S/C13H14BrClN2O2/c1-2-17(8-3-4-8)13(19)9-5-7(15)6-10(14)11(9)12(16)18/h5-6,8H,2-4H2,1H3,(H2,16,18). The van der Waals surface area contributed by atoms with E-state index in [4.69, 9.17) is 17.3 Å². The number of nitrogens with two attached hydrogens (primary N) is 1. The van der Waals surface area contributed by atoms with Gasteiger partial charge in [-0.25, -0.2) is 0 Å². The van der Waals surface area contributed by atoms with Gasteiger partial charge in [0.25, 0.3) is 11.8 Å². The maximum atomic E-state index is 12.5. The first kappa shape index (κ1) is 14.3. The minimum atomic E-state index is -0.640. The van der Waals surface area contributed by atoms with Gasteiger partial charge in [-0.1, -0.05) is 11.6 Å². The summed E-state index contributed by atoms with van der Waals surface area (Å²) in [6, 6.07) is 3.34. The number of halogens is 2. The summed E-state index contributed by atoms with van der Waals surface area (Å²) in [5.41, 5.74) is 5.81. The summed E-state index contributed by atoms with van der Waals surface area (Å²) >= 11 is 9.20. The lowest BCUT2D eigenvalue weighted by Crippen LogP contribution is -2.34. The Balaban J connectivity index is 2.47. The zero-order valence-corrected chi connectivity index (χ0v) is 12.8. The molecule has 1 aromatic carbocycles. The Morgan fingerprint density at radius 1 is 1.47 bits per heavy atom. The van der Waals surface area contributed by atoms with E-state index in [0.29, 0.717) is 16.0 Å². The highest BCUT2D eigenvalue weighted by molar-refractivity contribution is 9.10. The third kappa shape index (κ3) is 2.92. The topological polar surface area (TPSA) is 63.4 Å². The largest absolute Gasteiger partial charge is 0.366 e. The van der Waals surface area contributed by atoms with Crippen LogP contribution in [-0.2, 0) is 0 Å². The highest BCUT2D eigenvalue weighted by atomic mass is 79.9. The fourth-order valence-electron chi connectivity index (χ4n) is 2.10. The lowest BCUT2D eigenvalue weighted by molar-refractivity contribution is 0.0747. The third-order valence-electron chi connectivity index (χ3n) is 3.12. The van der Waals surface area contributed by atoms with E-state index in [1.165, 1.54) is 6.07 Å². The number of hydrogen-bond donors (Lipinski definition) is 1. The van der Waals surface area contributed by atoms with E-state index in [1.54, 1.807) is 11.0 Å². The molecule has 0 radical (unpaired) electrons. The molecule has 0 unspecified atom stereocenters. The average molecular weight is 346 g/mol. The number of carbonyl (C=O) groups excluding carboxylic acids is 2. The van der Waals surface area contributed by atoms with E-state index in [9.17, 15) is 9.59 Å². The molecule has 19 heavy (non-hydrogen) atoms. The van der Waals surface area contributed by atoms with E-state index in [-0.39, 0.29) is 23.1 Å². The van der Waals surface area contributed by atoms with Crippen LogP contribution in [0.15, 0.2) is 16.6 Å². The molecule has 0 bridgehead atoms. The Kier molecular flexibility index (Phi) is 4.16. The van der Waals surface area contributed by atoms with Gasteiger partial charge in [-0.2, -0.15) is 0 Å². The van der Waals surface area contributed by atoms with Crippen molar-refractivity contribution < 1.29 is 9.59 Å². The second kappa shape index (κ2) is 5.51. The maximum Gasteiger partial charge on any atom is 0.254 e. The molecule has 0 atom stereocenters. The van der Waals surface area contributed by atoms with Crippen LogP contribution >= 0.6 is 27.5 Å². The number of primary amides is 1. The second-order valence-electron chi connectivity index (χ2n) is 4.50. The van der Waals surface area contributed by atoms with Gasteiger partial charge in [0.15, 0.2) is 0 Å². The van der Waals surface area contributed by atoms with Crippen molar-refractivity contribution >= 4 is 39.3 Å². The minimum Gasteiger partial charge on any atom is -0.366 e. The van der Waals surface area contributed by atoms with E-state index >= 15 is 0 Å². The van der Waals surface area contributed by atoms with Gasteiger partial charge in [0.1, 0.15) is 0 Å². The van der Waals surface area contributed by atoms with E-state index in [0.717, 1.165) is 12.8 Å². The zero-order valence-electron chi connectivity index (χ0n) is 10.5. The molecule has 0 aromatic heterocycles. The molecule has 1 aliphatic rings. The quantitative estimate of drug-likeness (QED) is 0.912. The Hall–Kier alpha value is -1.07. The van der Waals surface area contributed by atoms with Crippen LogP contribution in [0.25, 0.3) is 0 Å². The number of hydrogen-bond acceptors (Lipinski definition) is 2. The molecule has 1 aromatic rings. The monoisotopic (exact) mass is 344 g/mol. The number of benzene rings is 1. The van der Waals surface area contributed by atoms with Crippen LogP contribution in [0.4, 0.5) is 0 Å². The van der Waals surface area contributed by atoms with Crippen molar-refractivity contribution in [1.29, 1.82) is 0 Å². The van der Waals surface area contributed by atoms with Crippen molar-refractivity contribution in [2.24, 2.45) is 5.73 Å². The fourth-order valence-corrected chi connectivity index (χ4v) is 3.11. The summed E-state index contributed by atoms with van der Waals surface area (Å²) in [6.45, 7) is 2.52. The SMILES string of the molecule is CCN(C(=O)c1cc(Cl)cc(Br)c1C(N)=O)C1CC1. The van der Waals surface area contributed by atoms with Gasteiger partial charge in [0.05, 0.1) is 11.1 Å². The van der Waals surface area contributed by atoms with E-state index in [2.05, 4.69) is 15.9 Å². The van der Waals surface area contributed by atoms with Crippen LogP contribution in [0.1, 0.15) is 40.5 Å². The van der Waals surface area contributed by atoms with Crippen molar-refractivity contribution in [2.75, 3.05) is 6.54 Å². The predicted octanol–water partition coefficient (Wildman–Crippen LogP) is 2.83. The number of rotatable bonds is 4. The fraction of sp³-hybridized carbons (Fsp3) is 0.385. The molecular weight excluding hydrogens is 332 g/mol. The Morgan fingerprint density at radius 2 is 2.11 bits per heavy atom. The number of carbonyl (C=O) groups is 2. The molecule has 0 spiro atoms. The molecular formula is C13H14BrClN2O2. The summed E-state index contributed by atoms with van der Waals surface area (Å²) < 4.78 is 0.447. The number of amides is 2. The van der Waals surface area contributed by atoms with Crippen molar-refractivity contribution in [1.82, 2.24) is 4.90 Å². The van der Waals surface area contributed by atoms with Gasteiger partial charge in [-0.05, 0) is 47.8 Å². The molecule has 2 amide bonds. The van der Waals surface area contributed by atoms with Crippen LogP contribution in [0.5, 0.6) is 0 Å². The summed E-state index contributed by atoms with van der Waals surface area (Å²) in [7, 11) is 0. The summed E-state index contributed by atoms with van der Waals surface area (Å²) in [4.78, 5) is 25.8. The molecule has 0 saturated heterocycles. The Labute approximate surface area is 125 Å². The molecule has 102 valence electrons. The molecule has 2 N–H and O–H groups in total. The summed E-state index contributed by atoms with van der Waals surface area (Å²) in [6.07, 6.45) is 2.01. The van der Waals surface area contributed by atoms with Crippen LogP contribution in [0.3, 0.4) is 0 Å². The normalized spacial score (nSPS) is 14.3. The summed E-state index contributed by atoms with van der Waals surface area (Å²) in [5, 5.41) is 0.395. The van der Waals surface area contributed by atoms with Crippen molar-refractivity contribution in [3.8, 4) is 0 Å². The number of nitrogens with zero attached hydrogens (tertiary/aromatic N) is 1. The van der Waals surface area contributed by atoms with Gasteiger partial charge in [0, 0.05) is 22.1 Å². The molecule has 0 heterocycles. The molecule has 0 aliphatic heterocycles. The lowest BCUT2D eigenvalue weighted by atomic mass is 10.1. The zero-order chi connectivity index (χ0) is 14.2. The van der Waals surface area contributed by atoms with Crippen LogP contribution in [-0.4, -0.2) is 29.3 Å². The Morgan fingerprint density at radius 3 is 2.58 bits per heavy atom. The molecule has 6 heteroatoms. The van der Waals surface area contributed by atoms with Crippen LogP contribution < -0.4 is 5.73 Å². The molecule has 2 rings (SSSR count). The first-order valence-electron chi connectivity index (χ1n) is 6.05. The molecule has 4 nitrogen and oxygen atoms in total. The first-order chi connectivity index (χ1) is 8.95. The molecule has 1 fully saturated rings. The van der Waals surface area contributed by atoms with Gasteiger partial charge in [-0.3, -0.25) is 9.59 Å². The smallest absolute Gasteiger partial charge is 0.254 e. The second-order valence-corrected chi connectivity index (χ2v) is 5.79. The summed E-state index contributed by atoms with van der Waals surface area (Å²) in [5.74, 6) is -0.833. The van der Waals surface area contributed by atoms with Crippen LogP contribution in [0.2, 0.25) is 5.02 Å². The lowest BCUT2D eigenvalue weighted by Gasteiger charge is -2.22. The van der Waals surface area contributed by atoms with Crippen molar-refractivity contribution in [3.63, 3.8) is 0 Å². The van der Waals surface area contributed by atoms with Crippen molar-refractivity contribution in [3.05, 3.63) is 32.8 Å². The molecule has 1 saturated carbocycles. The van der Waals surface area contributed by atoms with E-state index < -0.39 is 5.91 Å². The maximum absolute atomic E-state index is 12.5. The van der Waals surface area contributed by atoms with Gasteiger partial charge in [-0.15, -0.1) is 0 Å². The first-order valence-corrected chi connectivity index (χ1v) is 7.22. The van der Waals surface area contributed by atoms with E-state index in [1.807, 2.05) is 6.92 Å². The highest BCUT2D eigenvalue weighted by Gasteiger charge is 2.33. The van der Waals surface area contributed by atoms with Crippen LogP contribution in [0, 0.1) is 0 Å². The highest BCUT2D eigenvalue weighted by Crippen LogP contribution is 2.31. The minimum absolute atomic E-state index is 0.188. The predicted molar refractivity (Wildman–Crippen MR) is 77.4 cm³/mol. The Bertz CT molecular complexity index is 544. The van der Waals surface area contributed by atoms with Gasteiger partial charge >= 0.3 is 0 Å². The van der Waals surface area contributed by atoms with Crippen molar-refractivity contribution in [2.45, 2.75) is 25.8 Å². The third-order valence-corrected chi connectivity index (χ3v) is 3.96. The molecule has 1 aliphatic carbocycles.